The van der Waals surface area contributed by atoms with Gasteiger partial charge in [0.15, 0.2) is 24.5 Å². The van der Waals surface area contributed by atoms with Crippen LogP contribution < -0.4 is 0 Å². The Morgan fingerprint density at radius 1 is 0.846 bits per heavy atom. The van der Waals surface area contributed by atoms with Crippen molar-refractivity contribution < 1.29 is 63.9 Å². The van der Waals surface area contributed by atoms with Gasteiger partial charge in [-0.25, -0.2) is 4.79 Å². The topological polar surface area (TPSA) is 194 Å². The number of ether oxygens (including phenoxy) is 6. The van der Waals surface area contributed by atoms with Crippen molar-refractivity contribution in [2.45, 2.75) is 172 Å². The summed E-state index contributed by atoms with van der Waals surface area (Å²) in [7, 11) is 0. The molecule has 13 heteroatoms. The molecule has 13 nitrogen and oxygen atoms in total. The number of aliphatic carboxylic acids is 1. The molecule has 8 aliphatic rings. The van der Waals surface area contributed by atoms with E-state index in [1.54, 1.807) is 0 Å². The molecule has 21 atom stereocenters. The van der Waals surface area contributed by atoms with Crippen LogP contribution in [0.4, 0.5) is 0 Å². The number of allylic oxidation sites excluding steroid dienone is 1. The van der Waals surface area contributed by atoms with E-state index in [1.165, 1.54) is 18.9 Å². The van der Waals surface area contributed by atoms with Crippen molar-refractivity contribution in [2.75, 3.05) is 6.61 Å². The first-order chi connectivity index (χ1) is 24.6. The lowest BCUT2D eigenvalue weighted by Gasteiger charge is -2.58. The van der Waals surface area contributed by atoms with Gasteiger partial charge in [-0.3, -0.25) is 0 Å². The number of carbonyl (C=O) groups is 1. The lowest BCUT2D eigenvalue weighted by Crippen LogP contribution is -2.65. The zero-order chi connectivity index (χ0) is 37.1. The second-order valence-corrected chi connectivity index (χ2v) is 18.3. The third-order valence-corrected chi connectivity index (χ3v) is 15.5. The molecule has 0 aromatic heterocycles. The van der Waals surface area contributed by atoms with Gasteiger partial charge in [0.05, 0.1) is 24.9 Å². The molecule has 4 aliphatic heterocycles. The number of hydrogen-bond donors (Lipinski definition) is 6. The molecule has 3 saturated carbocycles. The molecule has 0 aromatic rings. The molecule has 1 spiro atoms. The van der Waals surface area contributed by atoms with Crippen molar-refractivity contribution in [3.8, 4) is 0 Å². The van der Waals surface area contributed by atoms with Crippen LogP contribution in [0.2, 0.25) is 0 Å². The van der Waals surface area contributed by atoms with Crippen LogP contribution in [-0.2, 0) is 33.2 Å². The summed E-state index contributed by atoms with van der Waals surface area (Å²) in [5.74, 6) is 1.25. The molecule has 0 bridgehead atoms. The van der Waals surface area contributed by atoms with Gasteiger partial charge in [-0.05, 0) is 98.7 Å². The van der Waals surface area contributed by atoms with E-state index < -0.39 is 73.2 Å². The summed E-state index contributed by atoms with van der Waals surface area (Å²) < 4.78 is 37.1. The van der Waals surface area contributed by atoms with Crippen molar-refractivity contribution >= 4 is 5.97 Å². The monoisotopic (exact) mass is 736 g/mol. The van der Waals surface area contributed by atoms with Crippen LogP contribution in [-0.4, -0.2) is 123 Å². The highest BCUT2D eigenvalue weighted by Crippen LogP contribution is 2.70. The quantitative estimate of drug-likeness (QED) is 0.226. The summed E-state index contributed by atoms with van der Waals surface area (Å²) >= 11 is 0. The van der Waals surface area contributed by atoms with Crippen LogP contribution in [0.5, 0.6) is 0 Å². The Hall–Kier alpha value is -1.23. The van der Waals surface area contributed by atoms with Gasteiger partial charge in [0.25, 0.3) is 0 Å². The van der Waals surface area contributed by atoms with Gasteiger partial charge in [-0.1, -0.05) is 39.3 Å². The van der Waals surface area contributed by atoms with E-state index in [9.17, 15) is 35.4 Å². The minimum absolute atomic E-state index is 0.00604. The third-order valence-electron chi connectivity index (χ3n) is 15.5. The van der Waals surface area contributed by atoms with Gasteiger partial charge < -0.3 is 59.1 Å². The molecular weight excluding hydrogens is 676 g/mol. The number of fused-ring (bicyclic) bond motifs is 7. The van der Waals surface area contributed by atoms with Gasteiger partial charge in [0.2, 0.25) is 0 Å². The van der Waals surface area contributed by atoms with Crippen LogP contribution >= 0.6 is 0 Å². The van der Waals surface area contributed by atoms with E-state index in [-0.39, 0.29) is 23.0 Å². The lowest BCUT2D eigenvalue weighted by molar-refractivity contribution is -0.366. The first-order valence-corrected chi connectivity index (χ1v) is 19.8. The first-order valence-electron chi connectivity index (χ1n) is 19.8. The van der Waals surface area contributed by atoms with E-state index in [2.05, 4.69) is 33.8 Å². The minimum Gasteiger partial charge on any atom is -0.479 e. The zero-order valence-electron chi connectivity index (χ0n) is 31.1. The van der Waals surface area contributed by atoms with Crippen LogP contribution in [0.15, 0.2) is 11.6 Å². The predicted molar refractivity (Wildman–Crippen MR) is 182 cm³/mol. The summed E-state index contributed by atoms with van der Waals surface area (Å²) in [6.45, 7) is 11.9. The molecule has 7 fully saturated rings. The average molecular weight is 737 g/mol. The average Bonchev–Trinajstić information content (AvgIpc) is 3.56. The molecule has 4 aliphatic carbocycles. The van der Waals surface area contributed by atoms with Crippen molar-refractivity contribution in [1.82, 2.24) is 0 Å². The molecule has 294 valence electrons. The highest BCUT2D eigenvalue weighted by molar-refractivity contribution is 5.73. The van der Waals surface area contributed by atoms with E-state index in [0.29, 0.717) is 48.3 Å². The second kappa shape index (κ2) is 13.5. The fourth-order valence-electron chi connectivity index (χ4n) is 12.5. The Morgan fingerprint density at radius 2 is 1.62 bits per heavy atom. The molecule has 0 unspecified atom stereocenters. The number of aliphatic hydroxyl groups excluding tert-OH is 5. The Bertz CT molecular complexity index is 1380. The van der Waals surface area contributed by atoms with Crippen molar-refractivity contribution in [3.63, 3.8) is 0 Å². The fourth-order valence-corrected chi connectivity index (χ4v) is 12.5. The minimum atomic E-state index is -1.85. The lowest BCUT2D eigenvalue weighted by atomic mass is 9.47. The van der Waals surface area contributed by atoms with Crippen LogP contribution in [0.1, 0.15) is 92.4 Å². The SMILES string of the molecule is C[C@@H]1CC[C@]2(OC1)O[C@@H]1C[C@@H]3[C@H]4CC=C5C[C@@H](O[C@H]6O[C@@H](C(=O)O)[C@H](O)[C@@H](O)[C@@H]6O[C@H]6O[C@@H](C)[C@H](O)[C@@H](O)[C@@H]6O)CC[C@]5(C)[C@@H]4CC[C@@]3(C)[C@@H]1[C@H]2C. The van der Waals surface area contributed by atoms with Gasteiger partial charge >= 0.3 is 5.97 Å². The standard InChI is InChI=1S/C39H60O13/c1-17-8-13-39(47-16-17)18(2)26-25(52-39)15-24-22-7-6-20-14-21(9-11-37(20,4)23(22)10-12-38(24,26)5)49-36-33(30(43)29(42)32(50-36)34(45)46)51-35-31(44)28(41)27(40)19(3)48-35/h6,17-19,21-33,35-36,40-44H,7-16H2,1-5H3,(H,45,46)/t17-,18-,19+,21+,22+,23-,24-,25-,26-,27+,28-,29-,30-,31+,32-,33+,35-,36+,37+,38-,39+/m1/s1. The summed E-state index contributed by atoms with van der Waals surface area (Å²) in [4.78, 5) is 12.0. The summed E-state index contributed by atoms with van der Waals surface area (Å²) in [5.41, 5.74) is 1.54. The van der Waals surface area contributed by atoms with E-state index in [4.69, 9.17) is 28.4 Å². The fraction of sp³-hybridized carbons (Fsp3) is 0.923. The van der Waals surface area contributed by atoms with Crippen molar-refractivity contribution in [3.05, 3.63) is 11.6 Å². The molecule has 0 radical (unpaired) electrons. The smallest absolute Gasteiger partial charge is 0.335 e. The highest BCUT2D eigenvalue weighted by atomic mass is 16.8. The van der Waals surface area contributed by atoms with Gasteiger partial charge in [-0.2, -0.15) is 0 Å². The maximum absolute atomic E-state index is 12.0. The molecular formula is C39H60O13. The number of carboxylic acid groups (broad SMARTS) is 1. The Morgan fingerprint density at radius 3 is 2.33 bits per heavy atom. The molecule has 0 aromatic carbocycles. The van der Waals surface area contributed by atoms with E-state index in [1.807, 2.05) is 0 Å². The van der Waals surface area contributed by atoms with E-state index in [0.717, 1.165) is 45.1 Å². The predicted octanol–water partition coefficient (Wildman–Crippen LogP) is 2.48. The van der Waals surface area contributed by atoms with Crippen molar-refractivity contribution in [1.29, 1.82) is 0 Å². The summed E-state index contributed by atoms with van der Waals surface area (Å²) in [6, 6.07) is 0. The Kier molecular flexibility index (Phi) is 9.76. The number of aliphatic hydroxyl groups is 5. The molecule has 6 N–H and O–H groups in total. The van der Waals surface area contributed by atoms with Crippen LogP contribution in [0, 0.1) is 46.3 Å². The zero-order valence-corrected chi connectivity index (χ0v) is 31.1. The van der Waals surface area contributed by atoms with Gasteiger partial charge in [-0.15, -0.1) is 0 Å². The maximum atomic E-state index is 12.0. The molecule has 52 heavy (non-hydrogen) atoms. The number of hydrogen-bond acceptors (Lipinski definition) is 12. The van der Waals surface area contributed by atoms with E-state index >= 15 is 0 Å². The number of carboxylic acids is 1. The highest BCUT2D eigenvalue weighted by Gasteiger charge is 2.69. The van der Waals surface area contributed by atoms with Crippen LogP contribution in [0.25, 0.3) is 0 Å². The second-order valence-electron chi connectivity index (χ2n) is 18.3. The maximum Gasteiger partial charge on any atom is 0.335 e. The van der Waals surface area contributed by atoms with Crippen LogP contribution in [0.3, 0.4) is 0 Å². The largest absolute Gasteiger partial charge is 0.479 e. The normalized spacial score (nSPS) is 57.4. The van der Waals surface area contributed by atoms with Gasteiger partial charge in [0, 0.05) is 12.3 Å². The van der Waals surface area contributed by atoms with Gasteiger partial charge in [0.1, 0.15) is 36.6 Å². The Labute approximate surface area is 305 Å². The summed E-state index contributed by atoms with van der Waals surface area (Å²) in [6.07, 6.45) is -4.33. The van der Waals surface area contributed by atoms with Crippen molar-refractivity contribution in [2.24, 2.45) is 46.3 Å². The molecule has 4 saturated heterocycles. The Balaban J connectivity index is 0.973. The molecule has 4 heterocycles. The third kappa shape index (κ3) is 5.78. The summed E-state index contributed by atoms with van der Waals surface area (Å²) in [5, 5.41) is 62.6. The molecule has 0 amide bonds. The number of rotatable bonds is 5. The first kappa shape index (κ1) is 37.7. The molecule has 8 rings (SSSR count).